The Balaban J connectivity index is 2.19. The zero-order valence-electron chi connectivity index (χ0n) is 56.3. The number of hydrogen-bond acceptors (Lipinski definition) is 10. The van der Waals surface area contributed by atoms with Crippen molar-refractivity contribution in [3.05, 3.63) is 36.5 Å². The fourth-order valence-electron chi connectivity index (χ4n) is 12.2. The number of rotatable bonds is 66. The number of amides is 1. The SMILES string of the molecule is CCCCCCCCCCC/C=C\C/C=C\CCCCCCCCCCCCCCC(O)C(=O)NC(COC1OC(CO)C(O)C(O)C1O)C(O)C(O)CCC/C=C/CCCCCCCCCCCCCCCCCCCCCCCCCCCC. The average Bonchev–Trinajstić information content (AvgIpc) is 2.54. The van der Waals surface area contributed by atoms with Crippen molar-refractivity contribution in [2.45, 2.75) is 422 Å². The average molecular weight is 1220 g/mol. The minimum atomic E-state index is -1.67. The zero-order chi connectivity index (χ0) is 62.4. The molecule has 11 nitrogen and oxygen atoms in total. The summed E-state index contributed by atoms with van der Waals surface area (Å²) in [6.45, 7) is 3.50. The van der Waals surface area contributed by atoms with Crippen molar-refractivity contribution >= 4 is 5.91 Å². The first-order valence-electron chi connectivity index (χ1n) is 37.4. The molecule has 0 bridgehead atoms. The second kappa shape index (κ2) is 63.5. The van der Waals surface area contributed by atoms with E-state index in [1.165, 1.54) is 283 Å². The Kier molecular flexibility index (Phi) is 60.8. The van der Waals surface area contributed by atoms with Crippen LogP contribution in [0.15, 0.2) is 36.5 Å². The number of nitrogens with one attached hydrogen (secondary N) is 1. The van der Waals surface area contributed by atoms with E-state index in [2.05, 4.69) is 55.6 Å². The molecule has 0 spiro atoms. The number of allylic oxidation sites excluding steroid dienone is 6. The lowest BCUT2D eigenvalue weighted by Crippen LogP contribution is -2.60. The third kappa shape index (κ3) is 50.0. The van der Waals surface area contributed by atoms with Crippen molar-refractivity contribution in [2.75, 3.05) is 13.2 Å². The van der Waals surface area contributed by atoms with Crippen LogP contribution in [0.3, 0.4) is 0 Å². The van der Waals surface area contributed by atoms with E-state index in [9.17, 15) is 40.5 Å². The monoisotopic (exact) mass is 1220 g/mol. The lowest BCUT2D eigenvalue weighted by molar-refractivity contribution is -0.303. The predicted octanol–water partition coefficient (Wildman–Crippen LogP) is 18.5. The molecule has 0 aromatic heterocycles. The van der Waals surface area contributed by atoms with E-state index in [1.54, 1.807) is 0 Å². The van der Waals surface area contributed by atoms with Gasteiger partial charge in [-0.15, -0.1) is 0 Å². The van der Waals surface area contributed by atoms with Gasteiger partial charge in [-0.2, -0.15) is 0 Å². The van der Waals surface area contributed by atoms with Crippen LogP contribution in [0.2, 0.25) is 0 Å². The molecule has 1 fully saturated rings. The lowest BCUT2D eigenvalue weighted by Gasteiger charge is -2.40. The van der Waals surface area contributed by atoms with Crippen LogP contribution in [0.5, 0.6) is 0 Å². The molecule has 86 heavy (non-hydrogen) atoms. The maximum atomic E-state index is 13.3. The van der Waals surface area contributed by atoms with Gasteiger partial charge in [0.25, 0.3) is 0 Å². The summed E-state index contributed by atoms with van der Waals surface area (Å²) in [5.41, 5.74) is 0. The Morgan fingerprint density at radius 1 is 0.407 bits per heavy atom. The molecule has 0 aliphatic carbocycles. The normalized spacial score (nSPS) is 18.9. The van der Waals surface area contributed by atoms with Gasteiger partial charge in [-0.3, -0.25) is 4.79 Å². The lowest BCUT2D eigenvalue weighted by atomic mass is 9.98. The number of carbonyl (C=O) groups excluding carboxylic acids is 1. The fraction of sp³-hybridized carbons (Fsp3) is 0.907. The molecule has 0 aromatic carbocycles. The quantitative estimate of drug-likeness (QED) is 0.0215. The number of unbranched alkanes of at least 4 members (excludes halogenated alkanes) is 48. The molecule has 1 amide bonds. The topological polar surface area (TPSA) is 189 Å². The first-order valence-corrected chi connectivity index (χ1v) is 37.4. The Morgan fingerprint density at radius 3 is 1.07 bits per heavy atom. The van der Waals surface area contributed by atoms with E-state index in [-0.39, 0.29) is 12.8 Å². The molecule has 1 saturated heterocycles. The second-order valence-electron chi connectivity index (χ2n) is 26.4. The minimum absolute atomic E-state index is 0.253. The third-order valence-corrected chi connectivity index (χ3v) is 18.2. The highest BCUT2D eigenvalue weighted by Gasteiger charge is 2.44. The molecular formula is C75H143NO10. The summed E-state index contributed by atoms with van der Waals surface area (Å²) in [6.07, 6.45) is 71.0. The van der Waals surface area contributed by atoms with Crippen molar-refractivity contribution in [1.82, 2.24) is 5.32 Å². The summed E-state index contributed by atoms with van der Waals surface area (Å²) in [7, 11) is 0. The van der Waals surface area contributed by atoms with E-state index >= 15 is 0 Å². The van der Waals surface area contributed by atoms with Crippen LogP contribution in [0.1, 0.15) is 367 Å². The highest BCUT2D eigenvalue weighted by atomic mass is 16.7. The number of ether oxygens (including phenoxy) is 2. The first kappa shape index (κ1) is 82.3. The first-order chi connectivity index (χ1) is 42.2. The molecule has 508 valence electrons. The van der Waals surface area contributed by atoms with Crippen LogP contribution in [0.4, 0.5) is 0 Å². The Bertz CT molecular complexity index is 1490. The van der Waals surface area contributed by atoms with E-state index in [0.717, 1.165) is 44.9 Å². The number of aliphatic hydroxyl groups excluding tert-OH is 7. The van der Waals surface area contributed by atoms with E-state index < -0.39 is 74.2 Å². The van der Waals surface area contributed by atoms with Crippen LogP contribution in [-0.4, -0.2) is 110 Å². The van der Waals surface area contributed by atoms with Crippen molar-refractivity contribution in [3.8, 4) is 0 Å². The third-order valence-electron chi connectivity index (χ3n) is 18.2. The molecule has 1 aliphatic rings. The van der Waals surface area contributed by atoms with Gasteiger partial charge in [-0.1, -0.05) is 333 Å². The van der Waals surface area contributed by atoms with Gasteiger partial charge < -0.3 is 50.5 Å². The maximum Gasteiger partial charge on any atom is 0.249 e. The van der Waals surface area contributed by atoms with Gasteiger partial charge in [0, 0.05) is 0 Å². The summed E-state index contributed by atoms with van der Waals surface area (Å²) < 4.78 is 11.2. The van der Waals surface area contributed by atoms with Crippen LogP contribution in [-0.2, 0) is 14.3 Å². The molecule has 0 saturated carbocycles. The van der Waals surface area contributed by atoms with Crippen LogP contribution < -0.4 is 5.32 Å². The highest BCUT2D eigenvalue weighted by molar-refractivity contribution is 5.80. The molecule has 1 aliphatic heterocycles. The minimum Gasteiger partial charge on any atom is -0.394 e. The van der Waals surface area contributed by atoms with Gasteiger partial charge in [-0.25, -0.2) is 0 Å². The standard InChI is InChI=1S/C75H143NO10/c1-3-5-7-9-11-13-15-17-19-21-23-25-27-29-31-33-34-35-37-38-40-42-44-46-48-50-52-54-56-58-60-62-67(78)70(80)66(65-85-75-73(83)72(82)71(81)69(64-77)86-75)76-74(84)68(79)63-61-59-57-55-53-51-49-47-45-43-41-39-36-32-30-28-26-24-22-20-18-16-14-12-10-8-6-4-2/h24,26,30,32,54,56,66-73,75,77-83H,3-23,25,27-29,31,33-53,55,57-65H2,1-2H3,(H,76,84)/b26-24-,32-30-,56-54+. The highest BCUT2D eigenvalue weighted by Crippen LogP contribution is 2.24. The maximum absolute atomic E-state index is 13.3. The van der Waals surface area contributed by atoms with Crippen LogP contribution >= 0.6 is 0 Å². The van der Waals surface area contributed by atoms with E-state index in [1.807, 2.05) is 0 Å². The summed E-state index contributed by atoms with van der Waals surface area (Å²) in [6, 6.07) is -1.19. The van der Waals surface area contributed by atoms with Crippen molar-refractivity contribution in [3.63, 3.8) is 0 Å². The number of carbonyl (C=O) groups is 1. The molecular weight excluding hydrogens is 1070 g/mol. The molecule has 0 radical (unpaired) electrons. The largest absolute Gasteiger partial charge is 0.394 e. The zero-order valence-corrected chi connectivity index (χ0v) is 56.3. The molecule has 9 unspecified atom stereocenters. The van der Waals surface area contributed by atoms with E-state index in [0.29, 0.717) is 12.8 Å². The van der Waals surface area contributed by atoms with Crippen LogP contribution in [0.25, 0.3) is 0 Å². The molecule has 1 heterocycles. The Labute approximate surface area is 530 Å². The summed E-state index contributed by atoms with van der Waals surface area (Å²) in [5, 5.41) is 76.6. The van der Waals surface area contributed by atoms with Crippen molar-refractivity contribution < 1.29 is 50.0 Å². The summed E-state index contributed by atoms with van der Waals surface area (Å²) in [4.78, 5) is 13.3. The van der Waals surface area contributed by atoms with Gasteiger partial charge in [0.15, 0.2) is 6.29 Å². The van der Waals surface area contributed by atoms with E-state index in [4.69, 9.17) is 9.47 Å². The van der Waals surface area contributed by atoms with Gasteiger partial charge in [0.2, 0.25) is 5.91 Å². The van der Waals surface area contributed by atoms with Crippen molar-refractivity contribution in [2.24, 2.45) is 0 Å². The smallest absolute Gasteiger partial charge is 0.249 e. The van der Waals surface area contributed by atoms with Crippen molar-refractivity contribution in [1.29, 1.82) is 0 Å². The number of hydrogen-bond donors (Lipinski definition) is 8. The number of aliphatic hydroxyl groups is 7. The van der Waals surface area contributed by atoms with Gasteiger partial charge >= 0.3 is 0 Å². The molecule has 9 atom stereocenters. The molecule has 11 heteroatoms. The molecule has 1 rings (SSSR count). The van der Waals surface area contributed by atoms with Gasteiger partial charge in [-0.05, 0) is 70.6 Å². The summed E-state index contributed by atoms with van der Waals surface area (Å²) in [5.74, 6) is -0.702. The Morgan fingerprint density at radius 2 is 0.721 bits per heavy atom. The predicted molar refractivity (Wildman–Crippen MR) is 362 cm³/mol. The van der Waals surface area contributed by atoms with Crippen LogP contribution in [0, 0.1) is 0 Å². The second-order valence-corrected chi connectivity index (χ2v) is 26.4. The Hall–Kier alpha value is -1.67. The fourth-order valence-corrected chi connectivity index (χ4v) is 12.2. The molecule has 8 N–H and O–H groups in total. The van der Waals surface area contributed by atoms with Gasteiger partial charge in [0.05, 0.1) is 25.4 Å². The summed E-state index contributed by atoms with van der Waals surface area (Å²) >= 11 is 0. The van der Waals surface area contributed by atoms with Gasteiger partial charge in [0.1, 0.15) is 36.6 Å². The molecule has 0 aromatic rings.